The van der Waals surface area contributed by atoms with E-state index in [1.807, 2.05) is 0 Å². The number of amidine groups is 1. The molecule has 64 valence electrons. The van der Waals surface area contributed by atoms with Gasteiger partial charge in [0.25, 0.3) is 0 Å². The van der Waals surface area contributed by atoms with E-state index < -0.39 is 5.54 Å². The number of aliphatic imine (C=N–C) groups is 3. The number of hydrogen-bond donors (Lipinski definition) is 0. The molecule has 1 aliphatic rings. The van der Waals surface area contributed by atoms with Crippen molar-refractivity contribution in [1.82, 2.24) is 0 Å². The zero-order valence-corrected chi connectivity index (χ0v) is 7.97. The summed E-state index contributed by atoms with van der Waals surface area (Å²) in [5, 5.41) is 0.371. The van der Waals surface area contributed by atoms with Gasteiger partial charge in [-0.1, -0.05) is 11.6 Å². The van der Waals surface area contributed by atoms with E-state index in [0.717, 1.165) is 0 Å². The van der Waals surface area contributed by atoms with Crippen molar-refractivity contribution in [3.8, 4) is 0 Å². The van der Waals surface area contributed by atoms with Gasteiger partial charge < -0.3 is 0 Å². The van der Waals surface area contributed by atoms with E-state index in [-0.39, 0.29) is 10.5 Å². The molecule has 0 saturated heterocycles. The van der Waals surface area contributed by atoms with Crippen LogP contribution in [-0.4, -0.2) is 23.8 Å². The third kappa shape index (κ3) is 2.16. The fourth-order valence-corrected chi connectivity index (χ4v) is 1.18. The van der Waals surface area contributed by atoms with Gasteiger partial charge in [-0.2, -0.15) is 0 Å². The summed E-state index contributed by atoms with van der Waals surface area (Å²) >= 11 is 11.3. The van der Waals surface area contributed by atoms with E-state index in [2.05, 4.69) is 21.7 Å². The number of halogens is 2. The summed E-state index contributed by atoms with van der Waals surface area (Å²) in [4.78, 5) is 11.4. The lowest BCUT2D eigenvalue weighted by atomic mass is 10.1. The van der Waals surface area contributed by atoms with Crippen molar-refractivity contribution < 1.29 is 0 Å². The highest BCUT2D eigenvalue weighted by atomic mass is 35.5. The van der Waals surface area contributed by atoms with Crippen LogP contribution in [0.4, 0.5) is 0 Å². The first-order valence-electron chi connectivity index (χ1n) is 3.21. The predicted molar refractivity (Wildman–Crippen MR) is 53.7 cm³/mol. The van der Waals surface area contributed by atoms with E-state index >= 15 is 0 Å². The maximum absolute atomic E-state index is 5.70. The van der Waals surface area contributed by atoms with Crippen LogP contribution < -0.4 is 0 Å². The molecule has 1 rings (SSSR count). The minimum Gasteiger partial charge on any atom is -0.285 e. The highest BCUT2D eigenvalue weighted by Gasteiger charge is 2.19. The van der Waals surface area contributed by atoms with Gasteiger partial charge in [0.2, 0.25) is 5.29 Å². The van der Waals surface area contributed by atoms with Gasteiger partial charge in [0.1, 0.15) is 10.7 Å². The summed E-state index contributed by atoms with van der Waals surface area (Å²) < 4.78 is 0. The molecule has 1 unspecified atom stereocenters. The van der Waals surface area contributed by atoms with Crippen molar-refractivity contribution in [3.63, 3.8) is 0 Å². The summed E-state index contributed by atoms with van der Waals surface area (Å²) in [5.74, 6) is 0. The summed E-state index contributed by atoms with van der Waals surface area (Å²) in [7, 11) is 0. The van der Waals surface area contributed by atoms with E-state index in [0.29, 0.717) is 0 Å². The van der Waals surface area contributed by atoms with Gasteiger partial charge in [-0.15, -0.1) is 0 Å². The van der Waals surface area contributed by atoms with Gasteiger partial charge in [-0.25, -0.2) is 9.98 Å². The average molecular weight is 204 g/mol. The molecule has 1 aliphatic heterocycles. The molecule has 1 atom stereocenters. The Balaban J connectivity index is 3.09. The van der Waals surface area contributed by atoms with Crippen molar-refractivity contribution in [1.29, 1.82) is 0 Å². The zero-order valence-electron chi connectivity index (χ0n) is 6.46. The summed E-state index contributed by atoms with van der Waals surface area (Å²) in [6.45, 7) is 5.22. The summed E-state index contributed by atoms with van der Waals surface area (Å²) in [6.07, 6.45) is 3.17. The first-order chi connectivity index (χ1) is 5.56. The highest BCUT2D eigenvalue weighted by Crippen LogP contribution is 2.18. The molecule has 5 heteroatoms. The summed E-state index contributed by atoms with van der Waals surface area (Å²) in [6, 6.07) is 0. The van der Waals surface area contributed by atoms with Gasteiger partial charge in [0.15, 0.2) is 0 Å². The van der Waals surface area contributed by atoms with E-state index in [1.165, 1.54) is 0 Å². The molecule has 3 nitrogen and oxygen atoms in total. The molecule has 0 amide bonds. The predicted octanol–water partition coefficient (Wildman–Crippen LogP) is 2.21. The Labute approximate surface area is 80.5 Å². The van der Waals surface area contributed by atoms with Crippen molar-refractivity contribution in [2.75, 3.05) is 0 Å². The molecule has 0 aromatic heterocycles. The monoisotopic (exact) mass is 203 g/mol. The van der Waals surface area contributed by atoms with Crippen molar-refractivity contribution in [2.24, 2.45) is 15.0 Å². The van der Waals surface area contributed by atoms with Gasteiger partial charge in [0, 0.05) is 6.21 Å². The average Bonchev–Trinajstić information content (AvgIpc) is 2.11. The van der Waals surface area contributed by atoms with Gasteiger partial charge in [-0.3, -0.25) is 4.99 Å². The summed E-state index contributed by atoms with van der Waals surface area (Å²) in [5.41, 5.74) is -0.614. The molecule has 0 aromatic rings. The molecule has 0 radical (unpaired) electrons. The topological polar surface area (TPSA) is 37.1 Å². The lowest BCUT2D eigenvalue weighted by Crippen LogP contribution is -2.19. The van der Waals surface area contributed by atoms with Crippen LogP contribution in [0.1, 0.15) is 6.92 Å². The van der Waals surface area contributed by atoms with E-state index in [4.69, 9.17) is 23.2 Å². The molecule has 0 saturated carbocycles. The molecule has 0 N–H and O–H groups in total. The normalized spacial score (nSPS) is 28.9. The standard InChI is InChI=1S/C7H7Cl2N3/c1-7(10-2)3-5(8)12-6(9)11-4-7/h3-4H,2H2,1H3. The third-order valence-corrected chi connectivity index (χ3v) is 1.76. The van der Waals surface area contributed by atoms with Crippen LogP contribution in [0.15, 0.2) is 26.2 Å². The van der Waals surface area contributed by atoms with Crippen molar-refractivity contribution >= 4 is 41.4 Å². The second-order valence-electron chi connectivity index (χ2n) is 2.49. The SMILES string of the molecule is C=NC1(C)C=NC(Cl)=NC(Cl)=C1. The van der Waals surface area contributed by atoms with Crippen LogP contribution in [-0.2, 0) is 0 Å². The van der Waals surface area contributed by atoms with Crippen LogP contribution in [0.25, 0.3) is 0 Å². The molecular formula is C7H7Cl2N3. The Morgan fingerprint density at radius 2 is 2.25 bits per heavy atom. The highest BCUT2D eigenvalue weighted by molar-refractivity contribution is 6.66. The fourth-order valence-electron chi connectivity index (χ4n) is 0.698. The number of rotatable bonds is 1. The molecule has 12 heavy (non-hydrogen) atoms. The fraction of sp³-hybridized carbons (Fsp3) is 0.286. The minimum absolute atomic E-state index is 0.101. The van der Waals surface area contributed by atoms with Crippen LogP contribution in [0.2, 0.25) is 0 Å². The maximum Gasteiger partial charge on any atom is 0.223 e. The largest absolute Gasteiger partial charge is 0.285 e. The van der Waals surface area contributed by atoms with Crippen LogP contribution >= 0.6 is 23.2 Å². The third-order valence-electron chi connectivity index (χ3n) is 1.38. The molecular weight excluding hydrogens is 197 g/mol. The van der Waals surface area contributed by atoms with Gasteiger partial charge in [0.05, 0.1) is 0 Å². The Hall–Kier alpha value is -0.670. The molecule has 0 aliphatic carbocycles. The molecule has 0 spiro atoms. The first-order valence-corrected chi connectivity index (χ1v) is 3.97. The molecule has 0 bridgehead atoms. The Morgan fingerprint density at radius 1 is 1.58 bits per heavy atom. The molecule has 0 aromatic carbocycles. The maximum atomic E-state index is 5.70. The Bertz CT molecular complexity index is 293. The van der Waals surface area contributed by atoms with Gasteiger partial charge >= 0.3 is 0 Å². The van der Waals surface area contributed by atoms with Crippen LogP contribution in [0.3, 0.4) is 0 Å². The molecule has 0 fully saturated rings. The van der Waals surface area contributed by atoms with E-state index in [1.54, 1.807) is 19.2 Å². The Morgan fingerprint density at radius 3 is 2.83 bits per heavy atom. The first kappa shape index (κ1) is 9.42. The second kappa shape index (κ2) is 3.37. The lowest BCUT2D eigenvalue weighted by Gasteiger charge is -2.12. The quantitative estimate of drug-likeness (QED) is 0.463. The zero-order chi connectivity index (χ0) is 9.19. The van der Waals surface area contributed by atoms with Crippen molar-refractivity contribution in [3.05, 3.63) is 11.2 Å². The minimum atomic E-state index is -0.614. The lowest BCUT2D eigenvalue weighted by molar-refractivity contribution is 0.809. The van der Waals surface area contributed by atoms with E-state index in [9.17, 15) is 0 Å². The molecule has 1 heterocycles. The van der Waals surface area contributed by atoms with Crippen LogP contribution in [0, 0.1) is 0 Å². The number of nitrogens with zero attached hydrogens (tertiary/aromatic N) is 3. The Kier molecular flexibility index (Phi) is 2.65. The smallest absolute Gasteiger partial charge is 0.223 e. The number of hydrogen-bond acceptors (Lipinski definition) is 3. The second-order valence-corrected chi connectivity index (χ2v) is 3.22. The van der Waals surface area contributed by atoms with Crippen molar-refractivity contribution in [2.45, 2.75) is 12.5 Å². The van der Waals surface area contributed by atoms with Crippen LogP contribution in [0.5, 0.6) is 0 Å². The van der Waals surface area contributed by atoms with Gasteiger partial charge in [-0.05, 0) is 31.3 Å².